The molecule has 5 nitrogen and oxygen atoms in total. The number of nitrogens with one attached hydrogen (secondary N) is 1. The number of carboxylic acids is 1. The molecule has 0 bridgehead atoms. The highest BCUT2D eigenvalue weighted by atomic mass is 32.2. The minimum absolute atomic E-state index is 0.0576. The predicted octanol–water partition coefficient (Wildman–Crippen LogP) is 0.808. The van der Waals surface area contributed by atoms with Crippen molar-refractivity contribution in [2.75, 3.05) is 11.5 Å². The molecular weight excluding hydrogens is 266 g/mol. The second-order valence-electron chi connectivity index (χ2n) is 5.03. The van der Waals surface area contributed by atoms with Gasteiger partial charge in [0, 0.05) is 12.1 Å². The molecule has 1 aliphatic rings. The average Bonchev–Trinajstić information content (AvgIpc) is 2.63. The van der Waals surface area contributed by atoms with E-state index in [9.17, 15) is 13.2 Å². The van der Waals surface area contributed by atoms with E-state index in [4.69, 9.17) is 5.11 Å². The Bertz CT molecular complexity index is 555. The lowest BCUT2D eigenvalue weighted by atomic mass is 9.94. The van der Waals surface area contributed by atoms with Gasteiger partial charge in [-0.1, -0.05) is 30.3 Å². The maximum atomic E-state index is 11.6. The van der Waals surface area contributed by atoms with E-state index in [0.717, 1.165) is 5.56 Å². The zero-order valence-electron chi connectivity index (χ0n) is 10.5. The van der Waals surface area contributed by atoms with E-state index in [1.165, 1.54) is 0 Å². The average molecular weight is 283 g/mol. The molecule has 1 aliphatic heterocycles. The predicted molar refractivity (Wildman–Crippen MR) is 71.5 cm³/mol. The van der Waals surface area contributed by atoms with Crippen molar-refractivity contribution in [2.45, 2.75) is 24.9 Å². The molecule has 2 rings (SSSR count). The first-order valence-corrected chi connectivity index (χ1v) is 7.94. The Kier molecular flexibility index (Phi) is 3.91. The summed E-state index contributed by atoms with van der Waals surface area (Å²) in [6, 6.07) is 9.53. The maximum Gasteiger partial charge on any atom is 0.305 e. The van der Waals surface area contributed by atoms with Crippen LogP contribution in [0.1, 0.15) is 18.4 Å². The summed E-state index contributed by atoms with van der Waals surface area (Å²) < 4.78 is 23.2. The summed E-state index contributed by atoms with van der Waals surface area (Å²) in [4.78, 5) is 10.9. The molecule has 1 aromatic carbocycles. The summed E-state index contributed by atoms with van der Waals surface area (Å²) in [7, 11) is -3.13. The second kappa shape index (κ2) is 5.30. The van der Waals surface area contributed by atoms with Crippen molar-refractivity contribution in [3.05, 3.63) is 35.9 Å². The van der Waals surface area contributed by atoms with E-state index in [0.29, 0.717) is 13.0 Å². The molecule has 1 aromatic rings. The SMILES string of the molecule is O=C(O)CC1(NCc2ccccc2)CCS(=O)(=O)C1. The van der Waals surface area contributed by atoms with Crippen LogP contribution in [0.4, 0.5) is 0 Å². The standard InChI is InChI=1S/C13H17NO4S/c15-12(16)8-13(6-7-19(17,18)10-13)14-9-11-4-2-1-3-5-11/h1-5,14H,6-10H2,(H,15,16). The van der Waals surface area contributed by atoms with Gasteiger partial charge in [-0.15, -0.1) is 0 Å². The first kappa shape index (κ1) is 14.0. The van der Waals surface area contributed by atoms with Crippen LogP contribution in [0.2, 0.25) is 0 Å². The Morgan fingerprint density at radius 2 is 2.00 bits per heavy atom. The number of carbonyl (C=O) groups is 1. The van der Waals surface area contributed by atoms with Crippen LogP contribution in [0.15, 0.2) is 30.3 Å². The molecule has 19 heavy (non-hydrogen) atoms. The van der Waals surface area contributed by atoms with Crippen molar-refractivity contribution in [3.63, 3.8) is 0 Å². The van der Waals surface area contributed by atoms with Crippen molar-refractivity contribution >= 4 is 15.8 Å². The van der Waals surface area contributed by atoms with Crippen molar-refractivity contribution < 1.29 is 18.3 Å². The molecule has 104 valence electrons. The number of aliphatic carboxylic acids is 1. The molecule has 1 atom stereocenters. The fraction of sp³-hybridized carbons (Fsp3) is 0.462. The quantitative estimate of drug-likeness (QED) is 0.835. The molecule has 0 saturated carbocycles. The number of rotatable bonds is 5. The van der Waals surface area contributed by atoms with E-state index in [-0.39, 0.29) is 17.9 Å². The van der Waals surface area contributed by atoms with Crippen molar-refractivity contribution in [1.29, 1.82) is 0 Å². The van der Waals surface area contributed by atoms with Crippen LogP contribution in [0, 0.1) is 0 Å². The highest BCUT2D eigenvalue weighted by Gasteiger charge is 2.43. The van der Waals surface area contributed by atoms with E-state index < -0.39 is 21.3 Å². The number of benzene rings is 1. The second-order valence-corrected chi connectivity index (χ2v) is 7.22. The molecule has 2 N–H and O–H groups in total. The third kappa shape index (κ3) is 3.78. The van der Waals surface area contributed by atoms with Gasteiger partial charge in [0.2, 0.25) is 0 Å². The van der Waals surface area contributed by atoms with E-state index in [1.54, 1.807) is 0 Å². The molecule has 0 amide bonds. The summed E-state index contributed by atoms with van der Waals surface area (Å²) in [5, 5.41) is 12.1. The van der Waals surface area contributed by atoms with Crippen molar-refractivity contribution in [3.8, 4) is 0 Å². The van der Waals surface area contributed by atoms with Crippen LogP contribution in [0.3, 0.4) is 0 Å². The number of sulfone groups is 1. The van der Waals surface area contributed by atoms with Gasteiger partial charge in [0.05, 0.1) is 17.9 Å². The fourth-order valence-electron chi connectivity index (χ4n) is 2.43. The van der Waals surface area contributed by atoms with Crippen LogP contribution >= 0.6 is 0 Å². The summed E-state index contributed by atoms with van der Waals surface area (Å²) in [5.41, 5.74) is 0.178. The minimum atomic E-state index is -3.13. The van der Waals surface area contributed by atoms with Gasteiger partial charge in [-0.3, -0.25) is 4.79 Å². The van der Waals surface area contributed by atoms with E-state index in [2.05, 4.69) is 5.32 Å². The number of carboxylic acid groups (broad SMARTS) is 1. The largest absolute Gasteiger partial charge is 0.481 e. The molecule has 0 aromatic heterocycles. The van der Waals surface area contributed by atoms with Gasteiger partial charge in [0.1, 0.15) is 0 Å². The van der Waals surface area contributed by atoms with Crippen molar-refractivity contribution in [1.82, 2.24) is 5.32 Å². The summed E-state index contributed by atoms with van der Waals surface area (Å²) >= 11 is 0. The van der Waals surface area contributed by atoms with Crippen LogP contribution < -0.4 is 5.32 Å². The van der Waals surface area contributed by atoms with Gasteiger partial charge < -0.3 is 10.4 Å². The minimum Gasteiger partial charge on any atom is -0.481 e. The molecule has 1 heterocycles. The highest BCUT2D eigenvalue weighted by Crippen LogP contribution is 2.27. The molecule has 0 spiro atoms. The smallest absolute Gasteiger partial charge is 0.305 e. The summed E-state index contributed by atoms with van der Waals surface area (Å²) in [6.45, 7) is 0.476. The van der Waals surface area contributed by atoms with Crippen LogP contribution in [-0.2, 0) is 21.2 Å². The summed E-state index contributed by atoms with van der Waals surface area (Å²) in [5.74, 6) is -1.01. The third-order valence-corrected chi connectivity index (χ3v) is 5.21. The van der Waals surface area contributed by atoms with Crippen LogP contribution in [0.25, 0.3) is 0 Å². The Labute approximate surface area is 112 Å². The van der Waals surface area contributed by atoms with Gasteiger partial charge in [0.15, 0.2) is 9.84 Å². The number of hydrogen-bond acceptors (Lipinski definition) is 4. The first-order valence-electron chi connectivity index (χ1n) is 6.12. The number of hydrogen-bond donors (Lipinski definition) is 2. The van der Waals surface area contributed by atoms with Gasteiger partial charge >= 0.3 is 5.97 Å². The van der Waals surface area contributed by atoms with E-state index >= 15 is 0 Å². The lowest BCUT2D eigenvalue weighted by Crippen LogP contribution is -2.47. The monoisotopic (exact) mass is 283 g/mol. The molecule has 0 aliphatic carbocycles. The Morgan fingerprint density at radius 3 is 2.53 bits per heavy atom. The highest BCUT2D eigenvalue weighted by molar-refractivity contribution is 7.91. The molecule has 1 saturated heterocycles. The molecule has 1 fully saturated rings. The molecule has 1 unspecified atom stereocenters. The first-order chi connectivity index (χ1) is 8.91. The topological polar surface area (TPSA) is 83.5 Å². The zero-order chi connectivity index (χ0) is 13.9. The van der Waals surface area contributed by atoms with Crippen LogP contribution in [-0.4, -0.2) is 36.5 Å². The van der Waals surface area contributed by atoms with E-state index in [1.807, 2.05) is 30.3 Å². The van der Waals surface area contributed by atoms with Gasteiger partial charge in [-0.05, 0) is 12.0 Å². The third-order valence-electron chi connectivity index (χ3n) is 3.39. The summed E-state index contributed by atoms with van der Waals surface area (Å²) in [6.07, 6.45) is 0.188. The molecule has 6 heteroatoms. The Balaban J connectivity index is 2.09. The lowest BCUT2D eigenvalue weighted by molar-refractivity contribution is -0.138. The zero-order valence-corrected chi connectivity index (χ0v) is 11.3. The maximum absolute atomic E-state index is 11.6. The van der Waals surface area contributed by atoms with Crippen molar-refractivity contribution in [2.24, 2.45) is 0 Å². The lowest BCUT2D eigenvalue weighted by Gasteiger charge is -2.27. The normalized spacial score (nSPS) is 25.3. The fourth-order valence-corrected chi connectivity index (χ4v) is 4.47. The van der Waals surface area contributed by atoms with Crippen LogP contribution in [0.5, 0.6) is 0 Å². The van der Waals surface area contributed by atoms with Gasteiger partial charge in [-0.25, -0.2) is 8.42 Å². The molecular formula is C13H17NO4S. The Morgan fingerprint density at radius 1 is 1.32 bits per heavy atom. The van der Waals surface area contributed by atoms with Gasteiger partial charge in [-0.2, -0.15) is 0 Å². The Hall–Kier alpha value is -1.40. The molecule has 0 radical (unpaired) electrons. The van der Waals surface area contributed by atoms with Gasteiger partial charge in [0.25, 0.3) is 0 Å².